The minimum Gasteiger partial charge on any atom is -0.490 e. The van der Waals surface area contributed by atoms with Crippen LogP contribution in [0, 0.1) is 6.92 Å². The molecule has 5 nitrogen and oxygen atoms in total. The first-order chi connectivity index (χ1) is 9.22. The Morgan fingerprint density at radius 3 is 2.74 bits per heavy atom. The molecule has 0 unspecified atom stereocenters. The lowest BCUT2D eigenvalue weighted by atomic mass is 10.2. The van der Waals surface area contributed by atoms with E-state index >= 15 is 0 Å². The van der Waals surface area contributed by atoms with Gasteiger partial charge in [-0.3, -0.25) is 0 Å². The molecule has 1 aromatic carbocycles. The highest BCUT2D eigenvalue weighted by Crippen LogP contribution is 2.30. The number of benzene rings is 1. The van der Waals surface area contributed by atoms with Gasteiger partial charge in [0.2, 0.25) is 0 Å². The minimum absolute atomic E-state index is 0.635. The van der Waals surface area contributed by atoms with E-state index in [0.717, 1.165) is 29.2 Å². The number of ether oxygens (including phenoxy) is 2. The van der Waals surface area contributed by atoms with Gasteiger partial charge in [0.15, 0.2) is 11.5 Å². The number of hydrogen-bond acceptors (Lipinski definition) is 4. The topological polar surface area (TPSA) is 62.3 Å². The fourth-order valence-corrected chi connectivity index (χ4v) is 2.17. The SMILES string of the molecule is Cc1cc(N)n(Cc2ccc3c(c2)OCCCO3)n1. The molecule has 0 amide bonds. The van der Waals surface area contributed by atoms with Crippen LogP contribution in [-0.4, -0.2) is 23.0 Å². The van der Waals surface area contributed by atoms with Crippen molar-refractivity contribution in [2.75, 3.05) is 18.9 Å². The van der Waals surface area contributed by atoms with E-state index in [9.17, 15) is 0 Å². The van der Waals surface area contributed by atoms with Crippen molar-refractivity contribution in [3.8, 4) is 11.5 Å². The second kappa shape index (κ2) is 4.84. The molecule has 5 heteroatoms. The molecule has 0 spiro atoms. The normalized spacial score (nSPS) is 14.2. The molecule has 0 bridgehead atoms. The maximum atomic E-state index is 5.90. The van der Waals surface area contributed by atoms with E-state index < -0.39 is 0 Å². The van der Waals surface area contributed by atoms with Crippen LogP contribution in [0.15, 0.2) is 24.3 Å². The van der Waals surface area contributed by atoms with Gasteiger partial charge in [0.1, 0.15) is 5.82 Å². The molecule has 3 rings (SSSR count). The Bertz CT molecular complexity index is 592. The van der Waals surface area contributed by atoms with Crippen molar-refractivity contribution in [2.24, 2.45) is 0 Å². The van der Waals surface area contributed by atoms with Crippen LogP contribution >= 0.6 is 0 Å². The van der Waals surface area contributed by atoms with Gasteiger partial charge in [0.25, 0.3) is 0 Å². The first-order valence-corrected chi connectivity index (χ1v) is 6.41. The number of hydrogen-bond donors (Lipinski definition) is 1. The van der Waals surface area contributed by atoms with E-state index in [2.05, 4.69) is 5.10 Å². The number of aryl methyl sites for hydroxylation is 1. The van der Waals surface area contributed by atoms with Crippen molar-refractivity contribution < 1.29 is 9.47 Å². The van der Waals surface area contributed by atoms with Crippen molar-refractivity contribution in [3.05, 3.63) is 35.5 Å². The standard InChI is InChI=1S/C14H17N3O2/c1-10-7-14(15)17(16-10)9-11-3-4-12-13(8-11)19-6-2-5-18-12/h3-4,7-8H,2,5-6,9,15H2,1H3. The van der Waals surface area contributed by atoms with Crippen molar-refractivity contribution >= 4 is 5.82 Å². The lowest BCUT2D eigenvalue weighted by Crippen LogP contribution is -2.06. The summed E-state index contributed by atoms with van der Waals surface area (Å²) in [6, 6.07) is 7.83. The van der Waals surface area contributed by atoms with E-state index in [0.29, 0.717) is 25.6 Å². The van der Waals surface area contributed by atoms with Gasteiger partial charge in [-0.15, -0.1) is 0 Å². The predicted molar refractivity (Wildman–Crippen MR) is 72.5 cm³/mol. The average Bonchev–Trinajstić information content (AvgIpc) is 2.60. The van der Waals surface area contributed by atoms with Gasteiger partial charge < -0.3 is 15.2 Å². The van der Waals surface area contributed by atoms with Crippen LogP contribution in [0.1, 0.15) is 17.7 Å². The summed E-state index contributed by atoms with van der Waals surface area (Å²) in [5.41, 5.74) is 7.92. The molecule has 2 heterocycles. The number of nitrogens with zero attached hydrogens (tertiary/aromatic N) is 2. The van der Waals surface area contributed by atoms with Crippen molar-refractivity contribution in [1.29, 1.82) is 0 Å². The fraction of sp³-hybridized carbons (Fsp3) is 0.357. The van der Waals surface area contributed by atoms with Crippen molar-refractivity contribution in [1.82, 2.24) is 9.78 Å². The molecular weight excluding hydrogens is 242 g/mol. The molecular formula is C14H17N3O2. The highest BCUT2D eigenvalue weighted by molar-refractivity contribution is 5.44. The van der Waals surface area contributed by atoms with Gasteiger partial charge in [0.05, 0.1) is 25.5 Å². The molecule has 2 aromatic rings. The van der Waals surface area contributed by atoms with Crippen LogP contribution in [-0.2, 0) is 6.54 Å². The third-order valence-electron chi connectivity index (χ3n) is 3.08. The second-order valence-electron chi connectivity index (χ2n) is 4.70. The Morgan fingerprint density at radius 1 is 1.21 bits per heavy atom. The molecule has 0 fully saturated rings. The minimum atomic E-state index is 0.635. The molecule has 2 N–H and O–H groups in total. The average molecular weight is 259 g/mol. The third kappa shape index (κ3) is 2.50. The summed E-state index contributed by atoms with van der Waals surface area (Å²) >= 11 is 0. The van der Waals surface area contributed by atoms with Crippen LogP contribution in [0.2, 0.25) is 0 Å². The van der Waals surface area contributed by atoms with E-state index in [1.807, 2.05) is 31.2 Å². The predicted octanol–water partition coefficient (Wildman–Crippen LogP) is 1.98. The highest BCUT2D eigenvalue weighted by atomic mass is 16.5. The summed E-state index contributed by atoms with van der Waals surface area (Å²) < 4.78 is 13.1. The van der Waals surface area contributed by atoms with Gasteiger partial charge in [-0.25, -0.2) is 4.68 Å². The third-order valence-corrected chi connectivity index (χ3v) is 3.08. The number of nitrogen functional groups attached to an aromatic ring is 1. The summed E-state index contributed by atoms with van der Waals surface area (Å²) in [6.07, 6.45) is 0.912. The number of anilines is 1. The van der Waals surface area contributed by atoms with Crippen LogP contribution in [0.25, 0.3) is 0 Å². The van der Waals surface area contributed by atoms with E-state index in [1.165, 1.54) is 0 Å². The molecule has 0 aliphatic carbocycles. The van der Waals surface area contributed by atoms with Crippen LogP contribution < -0.4 is 15.2 Å². The number of nitrogens with two attached hydrogens (primary N) is 1. The van der Waals surface area contributed by atoms with E-state index in [1.54, 1.807) is 4.68 Å². The zero-order chi connectivity index (χ0) is 13.2. The Balaban J connectivity index is 1.86. The Labute approximate surface area is 111 Å². The summed E-state index contributed by atoms with van der Waals surface area (Å²) in [4.78, 5) is 0. The van der Waals surface area contributed by atoms with Crippen molar-refractivity contribution in [3.63, 3.8) is 0 Å². The molecule has 1 aliphatic heterocycles. The molecule has 0 saturated carbocycles. The smallest absolute Gasteiger partial charge is 0.161 e. The van der Waals surface area contributed by atoms with Crippen LogP contribution in [0.5, 0.6) is 11.5 Å². The van der Waals surface area contributed by atoms with Gasteiger partial charge >= 0.3 is 0 Å². The second-order valence-corrected chi connectivity index (χ2v) is 4.70. The van der Waals surface area contributed by atoms with Crippen molar-refractivity contribution in [2.45, 2.75) is 19.9 Å². The Kier molecular flexibility index (Phi) is 3.03. The molecule has 0 radical (unpaired) electrons. The number of rotatable bonds is 2. The summed E-state index contributed by atoms with van der Waals surface area (Å²) in [6.45, 7) is 3.97. The summed E-state index contributed by atoms with van der Waals surface area (Å²) in [7, 11) is 0. The maximum Gasteiger partial charge on any atom is 0.161 e. The molecule has 100 valence electrons. The van der Waals surface area contributed by atoms with Gasteiger partial charge in [-0.05, 0) is 24.6 Å². The molecule has 0 atom stereocenters. The molecule has 1 aliphatic rings. The summed E-state index contributed by atoms with van der Waals surface area (Å²) in [5.74, 6) is 2.29. The number of fused-ring (bicyclic) bond motifs is 1. The quantitative estimate of drug-likeness (QED) is 0.895. The monoisotopic (exact) mass is 259 g/mol. The number of aromatic nitrogens is 2. The zero-order valence-corrected chi connectivity index (χ0v) is 10.9. The van der Waals surface area contributed by atoms with Gasteiger partial charge in [-0.2, -0.15) is 5.10 Å². The van der Waals surface area contributed by atoms with E-state index in [4.69, 9.17) is 15.2 Å². The van der Waals surface area contributed by atoms with Gasteiger partial charge in [0, 0.05) is 12.5 Å². The molecule has 19 heavy (non-hydrogen) atoms. The van der Waals surface area contributed by atoms with Gasteiger partial charge in [-0.1, -0.05) is 6.07 Å². The first kappa shape index (κ1) is 11.9. The van der Waals surface area contributed by atoms with E-state index in [-0.39, 0.29) is 0 Å². The Morgan fingerprint density at radius 2 is 2.00 bits per heavy atom. The maximum absolute atomic E-state index is 5.90. The highest BCUT2D eigenvalue weighted by Gasteiger charge is 2.11. The lowest BCUT2D eigenvalue weighted by Gasteiger charge is -2.10. The largest absolute Gasteiger partial charge is 0.490 e. The Hall–Kier alpha value is -2.17. The molecule has 0 saturated heterocycles. The fourth-order valence-electron chi connectivity index (χ4n) is 2.17. The van der Waals surface area contributed by atoms with Crippen LogP contribution in [0.4, 0.5) is 5.82 Å². The lowest BCUT2D eigenvalue weighted by molar-refractivity contribution is 0.297. The molecule has 1 aromatic heterocycles. The first-order valence-electron chi connectivity index (χ1n) is 6.41. The summed E-state index contributed by atoms with van der Waals surface area (Å²) in [5, 5.41) is 4.36. The van der Waals surface area contributed by atoms with Crippen LogP contribution in [0.3, 0.4) is 0 Å². The zero-order valence-electron chi connectivity index (χ0n) is 10.9.